The molecule has 1 amide bonds. The normalized spacial score (nSPS) is 14.5. The van der Waals surface area contributed by atoms with Gasteiger partial charge in [-0.05, 0) is 26.2 Å². The van der Waals surface area contributed by atoms with Crippen LogP contribution < -0.4 is 4.90 Å². The van der Waals surface area contributed by atoms with Crippen LogP contribution in [0.15, 0.2) is 24.3 Å². The van der Waals surface area contributed by atoms with Gasteiger partial charge in [-0.2, -0.15) is 0 Å². The van der Waals surface area contributed by atoms with Crippen LogP contribution in [-0.4, -0.2) is 47.0 Å². The highest BCUT2D eigenvalue weighted by Gasteiger charge is 2.25. The highest BCUT2D eigenvalue weighted by atomic mass is 16.2. The molecule has 1 aromatic heterocycles. The monoisotopic (exact) mass is 408 g/mol. The Morgan fingerprint density at radius 3 is 2.27 bits per heavy atom. The van der Waals surface area contributed by atoms with Crippen molar-refractivity contribution in [1.82, 2.24) is 14.9 Å². The molecule has 0 aliphatic carbocycles. The van der Waals surface area contributed by atoms with Gasteiger partial charge in [-0.15, -0.1) is 0 Å². The number of piperazine rings is 1. The maximum atomic E-state index is 12.5. The lowest BCUT2D eigenvalue weighted by molar-refractivity contribution is -0.131. The minimum absolute atomic E-state index is 0.298. The molecule has 5 nitrogen and oxygen atoms in total. The summed E-state index contributed by atoms with van der Waals surface area (Å²) in [5, 5.41) is 0. The number of nitrogens with zero attached hydrogens (tertiary/aromatic N) is 4. The molecule has 0 atom stereocenters. The Labute approximate surface area is 181 Å². The number of carbonyl (C=O) groups excluding carboxylic acids is 1. The number of aromatic nitrogens is 2. The molecular weight excluding hydrogens is 372 g/mol. The van der Waals surface area contributed by atoms with E-state index in [-0.39, 0.29) is 0 Å². The Morgan fingerprint density at radius 2 is 1.67 bits per heavy atom. The van der Waals surface area contributed by atoms with Gasteiger partial charge in [0, 0.05) is 49.4 Å². The third-order valence-electron chi connectivity index (χ3n) is 5.93. The molecule has 0 saturated carbocycles. The summed E-state index contributed by atoms with van der Waals surface area (Å²) in [6, 6.07) is 8.39. The molecule has 5 heteroatoms. The van der Waals surface area contributed by atoms with E-state index >= 15 is 0 Å². The zero-order chi connectivity index (χ0) is 21.7. The smallest absolute Gasteiger partial charge is 0.222 e. The topological polar surface area (TPSA) is 49.3 Å². The van der Waals surface area contributed by atoms with Crippen LogP contribution in [0.5, 0.6) is 0 Å². The first-order valence-electron chi connectivity index (χ1n) is 11.4. The molecule has 1 aromatic carbocycles. The summed E-state index contributed by atoms with van der Waals surface area (Å²) in [6.45, 7) is 13.9. The lowest BCUT2D eigenvalue weighted by Gasteiger charge is -2.37. The highest BCUT2D eigenvalue weighted by molar-refractivity contribution is 5.76. The lowest BCUT2D eigenvalue weighted by Crippen LogP contribution is -2.49. The quantitative estimate of drug-likeness (QED) is 0.597. The van der Waals surface area contributed by atoms with Crippen molar-refractivity contribution in [2.75, 3.05) is 31.1 Å². The molecule has 30 heavy (non-hydrogen) atoms. The minimum atomic E-state index is 0.298. The van der Waals surface area contributed by atoms with Crippen LogP contribution in [0.4, 0.5) is 5.82 Å². The standard InChI is InChI=1S/C25H36N4O/c1-6-7-8-9-22(30)28-14-16-29(17-15-28)25-23(18(2)3)20(5)26-24(27-25)21-12-10-19(4)11-13-21/h10-13,18H,6-9,14-17H2,1-5H3. The van der Waals surface area contributed by atoms with Gasteiger partial charge in [-0.25, -0.2) is 9.97 Å². The Hall–Kier alpha value is -2.43. The van der Waals surface area contributed by atoms with Crippen molar-refractivity contribution in [1.29, 1.82) is 0 Å². The van der Waals surface area contributed by atoms with Crippen molar-refractivity contribution in [3.63, 3.8) is 0 Å². The Bertz CT molecular complexity index is 852. The summed E-state index contributed by atoms with van der Waals surface area (Å²) in [5.74, 6) is 2.46. The second-order valence-corrected chi connectivity index (χ2v) is 8.72. The number of carbonyl (C=O) groups is 1. The molecule has 3 rings (SSSR count). The van der Waals surface area contributed by atoms with Gasteiger partial charge in [0.15, 0.2) is 5.82 Å². The summed E-state index contributed by atoms with van der Waals surface area (Å²) < 4.78 is 0. The molecule has 2 aromatic rings. The van der Waals surface area contributed by atoms with E-state index in [4.69, 9.17) is 9.97 Å². The number of hydrogen-bond acceptors (Lipinski definition) is 4. The van der Waals surface area contributed by atoms with Gasteiger partial charge in [0.2, 0.25) is 5.91 Å². The molecule has 1 saturated heterocycles. The first kappa shape index (κ1) is 22.3. The van der Waals surface area contributed by atoms with E-state index in [1.807, 2.05) is 4.90 Å². The average Bonchev–Trinajstić information content (AvgIpc) is 2.73. The van der Waals surface area contributed by atoms with Crippen molar-refractivity contribution in [2.45, 2.75) is 66.2 Å². The predicted octanol–water partition coefficient (Wildman–Crippen LogP) is 5.11. The molecule has 2 heterocycles. The van der Waals surface area contributed by atoms with Gasteiger partial charge < -0.3 is 9.80 Å². The van der Waals surface area contributed by atoms with E-state index in [1.165, 1.54) is 11.1 Å². The lowest BCUT2D eigenvalue weighted by atomic mass is 10.0. The zero-order valence-corrected chi connectivity index (χ0v) is 19.2. The Balaban J connectivity index is 1.81. The van der Waals surface area contributed by atoms with E-state index in [0.717, 1.165) is 68.3 Å². The molecule has 0 N–H and O–H groups in total. The van der Waals surface area contributed by atoms with Crippen LogP contribution in [0.2, 0.25) is 0 Å². The third-order valence-corrected chi connectivity index (χ3v) is 5.93. The molecule has 0 radical (unpaired) electrons. The van der Waals surface area contributed by atoms with E-state index in [2.05, 4.69) is 63.8 Å². The van der Waals surface area contributed by atoms with Crippen LogP contribution in [-0.2, 0) is 4.79 Å². The number of anilines is 1. The Kier molecular flexibility index (Phi) is 7.46. The number of amides is 1. The molecular formula is C25H36N4O. The zero-order valence-electron chi connectivity index (χ0n) is 19.2. The fourth-order valence-corrected chi connectivity index (χ4v) is 4.17. The molecule has 0 bridgehead atoms. The maximum absolute atomic E-state index is 12.5. The second kappa shape index (κ2) is 10.1. The van der Waals surface area contributed by atoms with Gasteiger partial charge in [0.25, 0.3) is 0 Å². The first-order valence-corrected chi connectivity index (χ1v) is 11.4. The van der Waals surface area contributed by atoms with Crippen molar-refractivity contribution >= 4 is 11.7 Å². The van der Waals surface area contributed by atoms with Crippen molar-refractivity contribution in [2.24, 2.45) is 0 Å². The maximum Gasteiger partial charge on any atom is 0.222 e. The average molecular weight is 409 g/mol. The number of rotatable bonds is 7. The van der Waals surface area contributed by atoms with Gasteiger partial charge in [0.1, 0.15) is 5.82 Å². The number of benzene rings is 1. The molecule has 1 aliphatic heterocycles. The predicted molar refractivity (Wildman–Crippen MR) is 124 cm³/mol. The summed E-state index contributed by atoms with van der Waals surface area (Å²) in [4.78, 5) is 26.7. The Morgan fingerprint density at radius 1 is 1.00 bits per heavy atom. The van der Waals surface area contributed by atoms with Crippen LogP contribution in [0, 0.1) is 13.8 Å². The number of hydrogen-bond donors (Lipinski definition) is 0. The van der Waals surface area contributed by atoms with Gasteiger partial charge in [0.05, 0.1) is 0 Å². The fraction of sp³-hybridized carbons (Fsp3) is 0.560. The number of aryl methyl sites for hydroxylation is 2. The molecule has 1 aliphatic rings. The van der Waals surface area contributed by atoms with E-state index in [0.29, 0.717) is 18.2 Å². The van der Waals surface area contributed by atoms with Gasteiger partial charge in [-0.3, -0.25) is 4.79 Å². The van der Waals surface area contributed by atoms with Crippen LogP contribution in [0.25, 0.3) is 11.4 Å². The summed E-state index contributed by atoms with van der Waals surface area (Å²) >= 11 is 0. The molecule has 162 valence electrons. The van der Waals surface area contributed by atoms with Crippen LogP contribution in [0.1, 0.15) is 69.2 Å². The van der Waals surface area contributed by atoms with Crippen LogP contribution >= 0.6 is 0 Å². The minimum Gasteiger partial charge on any atom is -0.353 e. The highest BCUT2D eigenvalue weighted by Crippen LogP contribution is 2.31. The molecule has 0 spiro atoms. The van der Waals surface area contributed by atoms with E-state index < -0.39 is 0 Å². The SMILES string of the molecule is CCCCCC(=O)N1CCN(c2nc(-c3ccc(C)cc3)nc(C)c2C(C)C)CC1. The summed E-state index contributed by atoms with van der Waals surface area (Å²) in [6.07, 6.45) is 3.95. The summed E-state index contributed by atoms with van der Waals surface area (Å²) in [7, 11) is 0. The van der Waals surface area contributed by atoms with Gasteiger partial charge in [-0.1, -0.05) is 63.4 Å². The second-order valence-electron chi connectivity index (χ2n) is 8.72. The number of unbranched alkanes of at least 4 members (excludes halogenated alkanes) is 2. The van der Waals surface area contributed by atoms with Crippen molar-refractivity contribution in [3.8, 4) is 11.4 Å². The van der Waals surface area contributed by atoms with E-state index in [9.17, 15) is 4.79 Å². The fourth-order valence-electron chi connectivity index (χ4n) is 4.17. The first-order chi connectivity index (χ1) is 14.4. The largest absolute Gasteiger partial charge is 0.353 e. The van der Waals surface area contributed by atoms with Crippen molar-refractivity contribution in [3.05, 3.63) is 41.1 Å². The van der Waals surface area contributed by atoms with Crippen molar-refractivity contribution < 1.29 is 4.79 Å². The molecule has 0 unspecified atom stereocenters. The van der Waals surface area contributed by atoms with Crippen LogP contribution in [0.3, 0.4) is 0 Å². The van der Waals surface area contributed by atoms with E-state index in [1.54, 1.807) is 0 Å². The molecule has 1 fully saturated rings. The third kappa shape index (κ3) is 5.18. The van der Waals surface area contributed by atoms with Gasteiger partial charge >= 0.3 is 0 Å². The summed E-state index contributed by atoms with van der Waals surface area (Å²) in [5.41, 5.74) is 4.54.